The molecule has 4 rings (SSSR count). The van der Waals surface area contributed by atoms with Crippen molar-refractivity contribution in [1.82, 2.24) is 9.97 Å². The zero-order valence-corrected chi connectivity index (χ0v) is 14.3. The lowest BCUT2D eigenvalue weighted by Crippen LogP contribution is -2.12. The summed E-state index contributed by atoms with van der Waals surface area (Å²) < 4.78 is 37.1. The molecule has 2 N–H and O–H groups in total. The van der Waals surface area contributed by atoms with Crippen LogP contribution < -0.4 is 11.1 Å². The van der Waals surface area contributed by atoms with Crippen molar-refractivity contribution in [2.75, 3.05) is 5.32 Å². The second kappa shape index (κ2) is 7.10. The first-order valence-corrected chi connectivity index (χ1v) is 8.31. The topological polar surface area (TPSA) is 101 Å². The summed E-state index contributed by atoms with van der Waals surface area (Å²) >= 11 is 0. The van der Waals surface area contributed by atoms with E-state index in [1.165, 1.54) is 12.3 Å². The molecule has 0 saturated carbocycles. The summed E-state index contributed by atoms with van der Waals surface area (Å²) in [5, 5.41) is 2.69. The van der Waals surface area contributed by atoms with Gasteiger partial charge in [0.1, 0.15) is 11.6 Å². The van der Waals surface area contributed by atoms with Crippen LogP contribution in [0.2, 0.25) is 0 Å². The Hall–Kier alpha value is -3.75. The van der Waals surface area contributed by atoms with E-state index in [4.69, 9.17) is 8.83 Å². The second-order valence-corrected chi connectivity index (χ2v) is 6.02. The second-order valence-electron chi connectivity index (χ2n) is 6.02. The van der Waals surface area contributed by atoms with Gasteiger partial charge >= 0.3 is 5.76 Å². The summed E-state index contributed by atoms with van der Waals surface area (Å²) in [6.45, 7) is 0. The maximum atomic E-state index is 13.8. The van der Waals surface area contributed by atoms with Gasteiger partial charge in [0, 0.05) is 24.6 Å². The molecule has 0 bridgehead atoms. The summed E-state index contributed by atoms with van der Waals surface area (Å²) in [5.41, 5.74) is 1.45. The quantitative estimate of drug-likeness (QED) is 0.546. The van der Waals surface area contributed by atoms with E-state index in [1.807, 2.05) is 0 Å². The van der Waals surface area contributed by atoms with Gasteiger partial charge in [-0.25, -0.2) is 18.6 Å². The van der Waals surface area contributed by atoms with Crippen molar-refractivity contribution in [2.45, 2.75) is 12.8 Å². The predicted octanol–water partition coefficient (Wildman–Crippen LogP) is 3.63. The monoisotopic (exact) mass is 385 g/mol. The highest BCUT2D eigenvalue weighted by Gasteiger charge is 2.13. The van der Waals surface area contributed by atoms with Crippen molar-refractivity contribution in [2.24, 2.45) is 0 Å². The van der Waals surface area contributed by atoms with Gasteiger partial charge in [0.15, 0.2) is 17.2 Å². The number of aryl methyl sites for hydroxylation is 1. The molecule has 0 unspecified atom stereocenters. The molecule has 0 atom stereocenters. The normalized spacial score (nSPS) is 11.1. The van der Waals surface area contributed by atoms with E-state index in [0.717, 1.165) is 12.1 Å². The number of halogens is 2. The third kappa shape index (κ3) is 3.68. The molecule has 0 saturated heterocycles. The minimum absolute atomic E-state index is 0.0752. The number of fused-ring (bicyclic) bond motifs is 1. The Labute approximate surface area is 156 Å². The lowest BCUT2D eigenvalue weighted by atomic mass is 10.2. The first kappa shape index (κ1) is 17.7. The smallest absolute Gasteiger partial charge is 0.417 e. The lowest BCUT2D eigenvalue weighted by Gasteiger charge is -2.04. The number of hydrogen-bond acceptors (Lipinski definition) is 5. The van der Waals surface area contributed by atoms with Gasteiger partial charge in [-0.2, -0.15) is 0 Å². The number of rotatable bonds is 5. The Morgan fingerprint density at radius 2 is 2.00 bits per heavy atom. The maximum absolute atomic E-state index is 13.8. The molecule has 0 aliphatic heterocycles. The number of nitrogens with one attached hydrogen (secondary N) is 2. The van der Waals surface area contributed by atoms with Gasteiger partial charge in [-0.05, 0) is 30.3 Å². The van der Waals surface area contributed by atoms with Crippen molar-refractivity contribution >= 4 is 22.7 Å². The molecule has 0 fully saturated rings. The minimum Gasteiger partial charge on any atom is -0.441 e. The summed E-state index contributed by atoms with van der Waals surface area (Å²) in [7, 11) is 0. The van der Waals surface area contributed by atoms with E-state index in [0.29, 0.717) is 16.8 Å². The van der Waals surface area contributed by atoms with Crippen molar-refractivity contribution in [3.05, 3.63) is 70.7 Å². The molecule has 0 aliphatic rings. The van der Waals surface area contributed by atoms with Crippen LogP contribution in [0.3, 0.4) is 0 Å². The van der Waals surface area contributed by atoms with Crippen LogP contribution in [0.5, 0.6) is 0 Å². The van der Waals surface area contributed by atoms with Crippen LogP contribution in [0.1, 0.15) is 12.3 Å². The maximum Gasteiger partial charge on any atom is 0.417 e. The van der Waals surface area contributed by atoms with Gasteiger partial charge in [-0.1, -0.05) is 0 Å². The molecular weight excluding hydrogens is 372 g/mol. The largest absolute Gasteiger partial charge is 0.441 e. The number of nitrogens with zero attached hydrogens (tertiary/aromatic N) is 1. The summed E-state index contributed by atoms with van der Waals surface area (Å²) in [6.07, 6.45) is 1.60. The number of hydrogen-bond donors (Lipinski definition) is 2. The van der Waals surface area contributed by atoms with E-state index in [1.54, 1.807) is 18.2 Å². The summed E-state index contributed by atoms with van der Waals surface area (Å²) in [4.78, 5) is 29.8. The van der Waals surface area contributed by atoms with Crippen LogP contribution in [0.15, 0.2) is 56.2 Å². The molecule has 4 aromatic rings. The summed E-state index contributed by atoms with van der Waals surface area (Å²) in [6, 6.07) is 7.90. The number of amides is 1. The van der Waals surface area contributed by atoms with Gasteiger partial charge in [-0.3, -0.25) is 9.78 Å². The zero-order chi connectivity index (χ0) is 19.7. The molecule has 2 aromatic heterocycles. The first-order valence-electron chi connectivity index (χ1n) is 8.31. The third-order valence-electron chi connectivity index (χ3n) is 4.02. The highest BCUT2D eigenvalue weighted by molar-refractivity contribution is 5.92. The highest BCUT2D eigenvalue weighted by Crippen LogP contribution is 2.24. The van der Waals surface area contributed by atoms with Crippen LogP contribution in [-0.4, -0.2) is 15.9 Å². The fourth-order valence-corrected chi connectivity index (χ4v) is 2.71. The molecule has 1 amide bonds. The number of aromatic nitrogens is 2. The number of aromatic amines is 1. The fraction of sp³-hybridized carbons (Fsp3) is 0.105. The van der Waals surface area contributed by atoms with Crippen LogP contribution in [0.4, 0.5) is 14.5 Å². The van der Waals surface area contributed by atoms with E-state index < -0.39 is 17.4 Å². The number of carbonyl (C=O) groups excluding carboxylic acids is 1. The Morgan fingerprint density at radius 3 is 2.82 bits per heavy atom. The van der Waals surface area contributed by atoms with Crippen molar-refractivity contribution in [1.29, 1.82) is 0 Å². The Morgan fingerprint density at radius 1 is 1.14 bits per heavy atom. The lowest BCUT2D eigenvalue weighted by molar-refractivity contribution is -0.116. The van der Waals surface area contributed by atoms with Crippen molar-refractivity contribution < 1.29 is 22.4 Å². The van der Waals surface area contributed by atoms with Crippen molar-refractivity contribution in [3.8, 4) is 11.3 Å². The van der Waals surface area contributed by atoms with E-state index >= 15 is 0 Å². The molecule has 0 radical (unpaired) electrons. The first-order chi connectivity index (χ1) is 13.5. The molecule has 0 aliphatic carbocycles. The van der Waals surface area contributed by atoms with Gasteiger partial charge in [0.25, 0.3) is 0 Å². The van der Waals surface area contributed by atoms with Crippen LogP contribution in [0, 0.1) is 11.6 Å². The summed E-state index contributed by atoms with van der Waals surface area (Å²) in [5.74, 6) is -1.90. The Balaban J connectivity index is 1.39. The molecule has 142 valence electrons. The SMILES string of the molecule is O=C(CCc1ncc(-c2ccc(F)cc2F)o1)Nc1ccc2oc(=O)[nH]c2c1. The standard InChI is InChI=1S/C19H13F2N3O4/c20-10-1-3-12(13(21)7-10)16-9-22-18(27-16)6-5-17(25)23-11-2-4-15-14(8-11)24-19(26)28-15/h1-4,7-9H,5-6H2,(H,23,25)(H,24,26). The number of oxazole rings is 2. The van der Waals surface area contributed by atoms with E-state index in [-0.39, 0.29) is 36.0 Å². The highest BCUT2D eigenvalue weighted by atomic mass is 19.1. The van der Waals surface area contributed by atoms with Crippen molar-refractivity contribution in [3.63, 3.8) is 0 Å². The van der Waals surface area contributed by atoms with Crippen LogP contribution in [0.25, 0.3) is 22.4 Å². The van der Waals surface area contributed by atoms with Gasteiger partial charge < -0.3 is 14.2 Å². The Bertz CT molecular complexity index is 1230. The number of H-pyrrole nitrogens is 1. The van der Waals surface area contributed by atoms with Crippen LogP contribution >= 0.6 is 0 Å². The zero-order valence-electron chi connectivity index (χ0n) is 14.3. The average Bonchev–Trinajstić information content (AvgIpc) is 3.25. The molecule has 2 aromatic carbocycles. The molecule has 7 nitrogen and oxygen atoms in total. The average molecular weight is 385 g/mol. The Kier molecular flexibility index (Phi) is 4.48. The molecule has 9 heteroatoms. The number of anilines is 1. The number of benzene rings is 2. The minimum atomic E-state index is -0.756. The van der Waals surface area contributed by atoms with E-state index in [9.17, 15) is 18.4 Å². The molecule has 28 heavy (non-hydrogen) atoms. The van der Waals surface area contributed by atoms with Gasteiger partial charge in [0.05, 0.1) is 17.3 Å². The van der Waals surface area contributed by atoms with Gasteiger partial charge in [0.2, 0.25) is 5.91 Å². The molecular formula is C19H13F2N3O4. The third-order valence-corrected chi connectivity index (χ3v) is 4.02. The molecule has 0 spiro atoms. The van der Waals surface area contributed by atoms with E-state index in [2.05, 4.69) is 15.3 Å². The predicted molar refractivity (Wildman–Crippen MR) is 95.6 cm³/mol. The van der Waals surface area contributed by atoms with Gasteiger partial charge in [-0.15, -0.1) is 0 Å². The van der Waals surface area contributed by atoms with Crippen LogP contribution in [-0.2, 0) is 11.2 Å². The fourth-order valence-electron chi connectivity index (χ4n) is 2.71. The number of carbonyl (C=O) groups is 1. The molecule has 2 heterocycles.